The van der Waals surface area contributed by atoms with Gasteiger partial charge in [-0.3, -0.25) is 0 Å². The van der Waals surface area contributed by atoms with E-state index < -0.39 is 20.7 Å². The molecule has 0 spiro atoms. The average molecular weight is 241 g/mol. The van der Waals surface area contributed by atoms with E-state index in [1.807, 2.05) is 13.8 Å². The first-order valence-electron chi connectivity index (χ1n) is 4.35. The molecule has 0 aromatic heterocycles. The summed E-state index contributed by atoms with van der Waals surface area (Å²) in [4.78, 5) is 27.5. The SMILES string of the molecule is CC(C)C(C)NC(=O)OCOP(=O)(O)O. The van der Waals surface area contributed by atoms with Crippen LogP contribution in [0.25, 0.3) is 0 Å². The molecular weight excluding hydrogens is 225 g/mol. The summed E-state index contributed by atoms with van der Waals surface area (Å²) in [6.07, 6.45) is -0.773. The molecule has 0 aliphatic rings. The summed E-state index contributed by atoms with van der Waals surface area (Å²) in [5, 5.41) is 2.47. The predicted molar refractivity (Wildman–Crippen MR) is 51.9 cm³/mol. The van der Waals surface area contributed by atoms with Gasteiger partial charge in [-0.2, -0.15) is 0 Å². The molecule has 0 aromatic carbocycles. The minimum atomic E-state index is -4.58. The van der Waals surface area contributed by atoms with Crippen LogP contribution in [0.4, 0.5) is 4.79 Å². The summed E-state index contributed by atoms with van der Waals surface area (Å²) in [7, 11) is -4.58. The van der Waals surface area contributed by atoms with Crippen LogP contribution in [0, 0.1) is 5.92 Å². The maximum atomic E-state index is 11.0. The lowest BCUT2D eigenvalue weighted by atomic mass is 10.1. The maximum Gasteiger partial charge on any atom is 0.472 e. The number of carbonyl (C=O) groups is 1. The molecule has 0 aliphatic heterocycles. The summed E-state index contributed by atoms with van der Waals surface area (Å²) < 4.78 is 18.5. The minimum absolute atomic E-state index is 0.0902. The van der Waals surface area contributed by atoms with Crippen molar-refractivity contribution in [3.05, 3.63) is 0 Å². The van der Waals surface area contributed by atoms with Gasteiger partial charge in [-0.15, -0.1) is 0 Å². The van der Waals surface area contributed by atoms with Crippen molar-refractivity contribution in [3.8, 4) is 0 Å². The second kappa shape index (κ2) is 6.07. The molecule has 0 heterocycles. The van der Waals surface area contributed by atoms with E-state index in [1.54, 1.807) is 6.92 Å². The first kappa shape index (κ1) is 14.4. The van der Waals surface area contributed by atoms with E-state index in [0.717, 1.165) is 0 Å². The topological polar surface area (TPSA) is 105 Å². The van der Waals surface area contributed by atoms with Crippen molar-refractivity contribution in [1.29, 1.82) is 0 Å². The summed E-state index contributed by atoms with van der Waals surface area (Å²) in [5.74, 6) is 0.236. The standard InChI is InChI=1S/C7H16NO6P/c1-5(2)6(3)8-7(9)13-4-14-15(10,11)12/h5-6H,4H2,1-3H3,(H,8,9)(H2,10,11,12). The molecule has 0 aromatic rings. The highest BCUT2D eigenvalue weighted by Gasteiger charge is 2.16. The van der Waals surface area contributed by atoms with Crippen LogP contribution >= 0.6 is 7.82 Å². The van der Waals surface area contributed by atoms with E-state index in [9.17, 15) is 9.36 Å². The van der Waals surface area contributed by atoms with E-state index >= 15 is 0 Å². The van der Waals surface area contributed by atoms with Gasteiger partial charge in [0.2, 0.25) is 6.79 Å². The number of alkyl carbamates (subject to hydrolysis) is 1. The Bertz CT molecular complexity index is 250. The maximum absolute atomic E-state index is 11.0. The fourth-order valence-corrected chi connectivity index (χ4v) is 0.733. The normalized spacial score (nSPS) is 13.7. The Labute approximate surface area is 88.0 Å². The van der Waals surface area contributed by atoms with E-state index in [0.29, 0.717) is 0 Å². The van der Waals surface area contributed by atoms with E-state index in [-0.39, 0.29) is 12.0 Å². The molecule has 1 atom stereocenters. The largest absolute Gasteiger partial charge is 0.472 e. The number of ether oxygens (including phenoxy) is 1. The number of hydrogen-bond acceptors (Lipinski definition) is 4. The number of carbonyl (C=O) groups excluding carboxylic acids is 1. The molecule has 0 fully saturated rings. The molecule has 1 unspecified atom stereocenters. The van der Waals surface area contributed by atoms with Gasteiger partial charge in [0, 0.05) is 6.04 Å². The monoisotopic (exact) mass is 241 g/mol. The Hall–Kier alpha value is -0.620. The van der Waals surface area contributed by atoms with Crippen molar-refractivity contribution in [3.63, 3.8) is 0 Å². The molecule has 8 heteroatoms. The molecule has 7 nitrogen and oxygen atoms in total. The molecule has 3 N–H and O–H groups in total. The van der Waals surface area contributed by atoms with Crippen molar-refractivity contribution in [1.82, 2.24) is 5.32 Å². The summed E-state index contributed by atoms with van der Waals surface area (Å²) >= 11 is 0. The third-order valence-corrected chi connectivity index (χ3v) is 2.20. The quantitative estimate of drug-likeness (QED) is 0.486. The lowest BCUT2D eigenvalue weighted by Crippen LogP contribution is -2.36. The third kappa shape index (κ3) is 8.38. The molecule has 0 rings (SSSR count). The predicted octanol–water partition coefficient (Wildman–Crippen LogP) is 0.824. The molecule has 1 amide bonds. The van der Waals surface area contributed by atoms with Gasteiger partial charge in [0.15, 0.2) is 0 Å². The van der Waals surface area contributed by atoms with Crippen LogP contribution in [0.3, 0.4) is 0 Å². The molecule has 0 saturated carbocycles. The highest BCUT2D eigenvalue weighted by atomic mass is 31.2. The van der Waals surface area contributed by atoms with Crippen LogP contribution in [0.2, 0.25) is 0 Å². The molecule has 0 radical (unpaired) electrons. The third-order valence-electron chi connectivity index (χ3n) is 1.76. The van der Waals surface area contributed by atoms with Gasteiger partial charge in [0.1, 0.15) is 0 Å². The van der Waals surface area contributed by atoms with Gasteiger partial charge in [0.25, 0.3) is 0 Å². The fraction of sp³-hybridized carbons (Fsp3) is 0.857. The van der Waals surface area contributed by atoms with Crippen molar-refractivity contribution in [2.75, 3.05) is 6.79 Å². The summed E-state index contributed by atoms with van der Waals surface area (Å²) in [6.45, 7) is 4.84. The number of phosphoric ester groups is 1. The zero-order valence-electron chi connectivity index (χ0n) is 8.84. The van der Waals surface area contributed by atoms with Crippen molar-refractivity contribution in [2.45, 2.75) is 26.8 Å². The molecule has 0 saturated heterocycles. The zero-order chi connectivity index (χ0) is 12.1. The van der Waals surface area contributed by atoms with E-state index in [4.69, 9.17) is 9.79 Å². The second-order valence-corrected chi connectivity index (χ2v) is 4.59. The molecule has 90 valence electrons. The van der Waals surface area contributed by atoms with Crippen molar-refractivity contribution < 1.29 is 28.4 Å². The number of rotatable bonds is 5. The number of amides is 1. The smallest absolute Gasteiger partial charge is 0.422 e. The van der Waals surface area contributed by atoms with Crippen LogP contribution < -0.4 is 5.32 Å². The lowest BCUT2D eigenvalue weighted by molar-refractivity contribution is 0.0379. The molecule has 0 aliphatic carbocycles. The van der Waals surface area contributed by atoms with Crippen LogP contribution in [0.15, 0.2) is 0 Å². The fourth-order valence-electron chi connectivity index (χ4n) is 0.543. The number of hydrogen-bond donors (Lipinski definition) is 3. The molecule has 15 heavy (non-hydrogen) atoms. The van der Waals surface area contributed by atoms with Crippen LogP contribution in [0.1, 0.15) is 20.8 Å². The van der Waals surface area contributed by atoms with Crippen molar-refractivity contribution >= 4 is 13.9 Å². The van der Waals surface area contributed by atoms with Gasteiger partial charge in [-0.05, 0) is 12.8 Å². The van der Waals surface area contributed by atoms with Crippen molar-refractivity contribution in [2.24, 2.45) is 5.92 Å². The van der Waals surface area contributed by atoms with E-state index in [1.165, 1.54) is 0 Å². The van der Waals surface area contributed by atoms with E-state index in [2.05, 4.69) is 14.6 Å². The molecule has 0 bridgehead atoms. The van der Waals surface area contributed by atoms with Crippen LogP contribution in [-0.4, -0.2) is 28.7 Å². The molecular formula is C7H16NO6P. The van der Waals surface area contributed by atoms with Gasteiger partial charge >= 0.3 is 13.9 Å². The minimum Gasteiger partial charge on any atom is -0.422 e. The Balaban J connectivity index is 3.72. The van der Waals surface area contributed by atoms with Crippen LogP contribution in [-0.2, 0) is 13.8 Å². The average Bonchev–Trinajstić information content (AvgIpc) is 2.01. The first-order chi connectivity index (χ1) is 6.72. The van der Waals surface area contributed by atoms with Gasteiger partial charge in [-0.25, -0.2) is 13.9 Å². The first-order valence-corrected chi connectivity index (χ1v) is 5.89. The highest BCUT2D eigenvalue weighted by molar-refractivity contribution is 7.46. The Morgan fingerprint density at radius 2 is 1.93 bits per heavy atom. The highest BCUT2D eigenvalue weighted by Crippen LogP contribution is 2.35. The lowest BCUT2D eigenvalue weighted by Gasteiger charge is -2.17. The summed E-state index contributed by atoms with van der Waals surface area (Å²) in [5.41, 5.74) is 0. The summed E-state index contributed by atoms with van der Waals surface area (Å²) in [6, 6.07) is -0.0902. The number of nitrogens with one attached hydrogen (secondary N) is 1. The zero-order valence-corrected chi connectivity index (χ0v) is 9.73. The Morgan fingerprint density at radius 3 is 2.33 bits per heavy atom. The van der Waals surface area contributed by atoms with Crippen LogP contribution in [0.5, 0.6) is 0 Å². The second-order valence-electron chi connectivity index (χ2n) is 3.35. The Kier molecular flexibility index (Phi) is 5.82. The number of phosphoric acid groups is 1. The Morgan fingerprint density at radius 1 is 1.40 bits per heavy atom. The van der Waals surface area contributed by atoms with Gasteiger partial charge in [0.05, 0.1) is 0 Å². The van der Waals surface area contributed by atoms with Gasteiger partial charge < -0.3 is 19.8 Å². The van der Waals surface area contributed by atoms with Gasteiger partial charge in [-0.1, -0.05) is 13.8 Å².